The molecule has 1 rings (SSSR count). The molecular weight excluding hydrogens is 244 g/mol. The highest BCUT2D eigenvalue weighted by Gasteiger charge is 2.15. The highest BCUT2D eigenvalue weighted by atomic mass is 16.2. The molecular formula is C13H22N4O2. The molecule has 0 atom stereocenters. The number of nitrogens with two attached hydrogens (primary N) is 1. The first-order valence-electron chi connectivity index (χ1n) is 6.55. The van der Waals surface area contributed by atoms with E-state index in [1.165, 1.54) is 0 Å². The van der Waals surface area contributed by atoms with E-state index in [1.54, 1.807) is 21.7 Å². The number of amides is 2. The van der Waals surface area contributed by atoms with Gasteiger partial charge in [0.1, 0.15) is 5.69 Å². The first kappa shape index (κ1) is 15.1. The summed E-state index contributed by atoms with van der Waals surface area (Å²) in [5, 5.41) is 2.63. The molecule has 6 nitrogen and oxygen atoms in total. The number of carbonyl (C=O) groups excluding carboxylic acids is 2. The monoisotopic (exact) mass is 266 g/mol. The molecule has 1 aromatic rings. The molecule has 0 spiro atoms. The molecule has 1 heterocycles. The number of nitrogens with zero attached hydrogens (tertiary/aromatic N) is 2. The molecule has 0 aliphatic heterocycles. The van der Waals surface area contributed by atoms with Gasteiger partial charge < -0.3 is 20.5 Å². The van der Waals surface area contributed by atoms with Gasteiger partial charge in [0.25, 0.3) is 5.91 Å². The van der Waals surface area contributed by atoms with Gasteiger partial charge in [-0.25, -0.2) is 0 Å². The highest BCUT2D eigenvalue weighted by molar-refractivity contribution is 5.96. The lowest BCUT2D eigenvalue weighted by Gasteiger charge is -2.18. The summed E-state index contributed by atoms with van der Waals surface area (Å²) in [6, 6.07) is 1.61. The van der Waals surface area contributed by atoms with E-state index in [1.807, 2.05) is 20.8 Å². The van der Waals surface area contributed by atoms with Crippen molar-refractivity contribution < 1.29 is 9.59 Å². The van der Waals surface area contributed by atoms with Crippen molar-refractivity contribution >= 4 is 17.5 Å². The molecule has 0 bridgehead atoms. The first-order valence-corrected chi connectivity index (χ1v) is 6.55. The smallest absolute Gasteiger partial charge is 0.268 e. The van der Waals surface area contributed by atoms with Crippen LogP contribution in [0.1, 0.15) is 31.3 Å². The Kier molecular flexibility index (Phi) is 5.41. The van der Waals surface area contributed by atoms with Gasteiger partial charge in [0.05, 0.1) is 12.2 Å². The van der Waals surface area contributed by atoms with Crippen LogP contribution >= 0.6 is 0 Å². The van der Waals surface area contributed by atoms with E-state index in [9.17, 15) is 9.59 Å². The summed E-state index contributed by atoms with van der Waals surface area (Å²) in [6.45, 7) is 7.70. The van der Waals surface area contributed by atoms with Crippen molar-refractivity contribution in [2.45, 2.75) is 27.3 Å². The fourth-order valence-corrected chi connectivity index (χ4v) is 1.92. The van der Waals surface area contributed by atoms with Gasteiger partial charge in [0, 0.05) is 25.8 Å². The predicted octanol–water partition coefficient (Wildman–Crippen LogP) is 0.688. The first-order chi connectivity index (χ1) is 9.03. The minimum Gasteiger partial charge on any atom is -0.397 e. The summed E-state index contributed by atoms with van der Waals surface area (Å²) in [4.78, 5) is 25.4. The van der Waals surface area contributed by atoms with E-state index in [-0.39, 0.29) is 18.4 Å². The zero-order valence-electron chi connectivity index (χ0n) is 11.8. The second-order valence-electron chi connectivity index (χ2n) is 4.19. The van der Waals surface area contributed by atoms with Gasteiger partial charge in [0.15, 0.2) is 0 Å². The molecule has 0 unspecified atom stereocenters. The zero-order chi connectivity index (χ0) is 14.4. The number of carbonyl (C=O) groups is 2. The Hall–Kier alpha value is -1.98. The van der Waals surface area contributed by atoms with Crippen LogP contribution in [0.15, 0.2) is 12.3 Å². The molecule has 0 radical (unpaired) electrons. The van der Waals surface area contributed by atoms with Crippen LogP contribution in [-0.4, -0.2) is 40.9 Å². The number of aromatic nitrogens is 1. The van der Waals surface area contributed by atoms with Gasteiger partial charge in [-0.05, 0) is 26.8 Å². The SMILES string of the molecule is CCN(CC)C(=O)CNC(=O)c1cc(N)cn1CC. The number of anilines is 1. The Bertz CT molecular complexity index is 449. The van der Waals surface area contributed by atoms with Crippen molar-refractivity contribution in [3.63, 3.8) is 0 Å². The summed E-state index contributed by atoms with van der Waals surface area (Å²) in [5.41, 5.74) is 6.69. The Balaban J connectivity index is 2.62. The maximum atomic E-state index is 12.0. The largest absolute Gasteiger partial charge is 0.397 e. The van der Waals surface area contributed by atoms with Crippen molar-refractivity contribution in [3.8, 4) is 0 Å². The minimum atomic E-state index is -0.279. The number of hydrogen-bond donors (Lipinski definition) is 2. The van der Waals surface area contributed by atoms with E-state index in [0.29, 0.717) is 31.0 Å². The highest BCUT2D eigenvalue weighted by Crippen LogP contribution is 2.10. The van der Waals surface area contributed by atoms with E-state index < -0.39 is 0 Å². The summed E-state index contributed by atoms with van der Waals surface area (Å²) >= 11 is 0. The average Bonchev–Trinajstić information content (AvgIpc) is 2.78. The summed E-state index contributed by atoms with van der Waals surface area (Å²) in [7, 11) is 0. The van der Waals surface area contributed by atoms with E-state index in [0.717, 1.165) is 0 Å². The molecule has 0 saturated carbocycles. The normalized spacial score (nSPS) is 10.3. The van der Waals surface area contributed by atoms with Crippen molar-refractivity contribution in [2.75, 3.05) is 25.4 Å². The second-order valence-corrected chi connectivity index (χ2v) is 4.19. The molecule has 1 aromatic heterocycles. The fourth-order valence-electron chi connectivity index (χ4n) is 1.92. The van der Waals surface area contributed by atoms with Gasteiger partial charge in [0.2, 0.25) is 5.91 Å². The second kappa shape index (κ2) is 6.82. The quantitative estimate of drug-likeness (QED) is 0.795. The van der Waals surface area contributed by atoms with Crippen molar-refractivity contribution in [3.05, 3.63) is 18.0 Å². The Morgan fingerprint density at radius 2 is 1.95 bits per heavy atom. The van der Waals surface area contributed by atoms with Crippen LogP contribution in [0.25, 0.3) is 0 Å². The summed E-state index contributed by atoms with van der Waals surface area (Å²) in [5.74, 6) is -0.361. The van der Waals surface area contributed by atoms with Crippen LogP contribution in [0.2, 0.25) is 0 Å². The third kappa shape index (κ3) is 3.74. The third-order valence-corrected chi connectivity index (χ3v) is 3.01. The van der Waals surface area contributed by atoms with E-state index in [4.69, 9.17) is 5.73 Å². The van der Waals surface area contributed by atoms with Gasteiger partial charge in [-0.3, -0.25) is 9.59 Å². The van der Waals surface area contributed by atoms with Gasteiger partial charge in [-0.15, -0.1) is 0 Å². The summed E-state index contributed by atoms with van der Waals surface area (Å²) in [6.07, 6.45) is 1.71. The lowest BCUT2D eigenvalue weighted by Crippen LogP contribution is -2.40. The summed E-state index contributed by atoms with van der Waals surface area (Å²) < 4.78 is 1.76. The number of hydrogen-bond acceptors (Lipinski definition) is 3. The van der Waals surface area contributed by atoms with Crippen molar-refractivity contribution in [2.24, 2.45) is 0 Å². The molecule has 6 heteroatoms. The van der Waals surface area contributed by atoms with Crippen LogP contribution in [0.5, 0.6) is 0 Å². The predicted molar refractivity (Wildman–Crippen MR) is 74.8 cm³/mol. The van der Waals surface area contributed by atoms with Gasteiger partial charge in [-0.2, -0.15) is 0 Å². The lowest BCUT2D eigenvalue weighted by molar-refractivity contribution is -0.129. The molecule has 0 fully saturated rings. The molecule has 0 aliphatic carbocycles. The van der Waals surface area contributed by atoms with E-state index >= 15 is 0 Å². The Labute approximate surface area is 113 Å². The standard InChI is InChI=1S/C13H22N4O2/c1-4-16(5-2)12(18)8-15-13(19)11-7-10(14)9-17(11)6-3/h7,9H,4-6,8,14H2,1-3H3,(H,15,19). The average molecular weight is 266 g/mol. The van der Waals surface area contributed by atoms with Crippen LogP contribution in [0.3, 0.4) is 0 Å². The molecule has 2 amide bonds. The van der Waals surface area contributed by atoms with Crippen LogP contribution in [0, 0.1) is 0 Å². The van der Waals surface area contributed by atoms with Gasteiger partial charge in [-0.1, -0.05) is 0 Å². The Morgan fingerprint density at radius 3 is 2.47 bits per heavy atom. The van der Waals surface area contributed by atoms with Crippen LogP contribution < -0.4 is 11.1 Å². The number of nitrogen functional groups attached to an aromatic ring is 1. The number of likely N-dealkylation sites (N-methyl/N-ethyl adjacent to an activating group) is 1. The molecule has 106 valence electrons. The topological polar surface area (TPSA) is 80.4 Å². The maximum Gasteiger partial charge on any atom is 0.268 e. The lowest BCUT2D eigenvalue weighted by atomic mass is 10.3. The van der Waals surface area contributed by atoms with Crippen molar-refractivity contribution in [1.29, 1.82) is 0 Å². The third-order valence-electron chi connectivity index (χ3n) is 3.01. The van der Waals surface area contributed by atoms with E-state index in [2.05, 4.69) is 5.32 Å². The minimum absolute atomic E-state index is 0.00924. The van der Waals surface area contributed by atoms with Crippen LogP contribution in [0.4, 0.5) is 5.69 Å². The molecule has 0 aliphatic rings. The van der Waals surface area contributed by atoms with Crippen molar-refractivity contribution in [1.82, 2.24) is 14.8 Å². The number of nitrogens with one attached hydrogen (secondary N) is 1. The molecule has 0 aromatic carbocycles. The molecule has 19 heavy (non-hydrogen) atoms. The maximum absolute atomic E-state index is 12.0. The van der Waals surface area contributed by atoms with Crippen LogP contribution in [-0.2, 0) is 11.3 Å². The zero-order valence-corrected chi connectivity index (χ0v) is 11.8. The molecule has 0 saturated heterocycles. The van der Waals surface area contributed by atoms with Gasteiger partial charge >= 0.3 is 0 Å². The fraction of sp³-hybridized carbons (Fsp3) is 0.538. The molecule has 3 N–H and O–H groups in total. The Morgan fingerprint density at radius 1 is 1.32 bits per heavy atom. The number of rotatable bonds is 6. The number of aryl methyl sites for hydroxylation is 1.